The lowest BCUT2D eigenvalue weighted by Gasteiger charge is -2.11. The number of thioether (sulfide) groups is 1. The number of alkyl halides is 4. The van der Waals surface area contributed by atoms with Crippen LogP contribution in [0.25, 0.3) is 0 Å². The van der Waals surface area contributed by atoms with Crippen molar-refractivity contribution in [1.29, 1.82) is 5.26 Å². The fourth-order valence-corrected chi connectivity index (χ4v) is 2.04. The normalized spacial score (nSPS) is 12.9. The second-order valence-electron chi connectivity index (χ2n) is 3.38. The largest absolute Gasteiger partial charge is 0.446 e. The van der Waals surface area contributed by atoms with Crippen molar-refractivity contribution in [1.82, 2.24) is 0 Å². The number of nitrogens with zero attached hydrogens (tertiary/aromatic N) is 1. The number of hydrogen-bond donors (Lipinski definition) is 0. The molecule has 1 aromatic rings. The molecule has 0 aliphatic rings. The van der Waals surface area contributed by atoms with Crippen molar-refractivity contribution < 1.29 is 18.0 Å². The molecule has 0 saturated heterocycles. The van der Waals surface area contributed by atoms with Crippen LogP contribution >= 0.6 is 23.4 Å². The standard InChI is InChI=1S/C11H7ClF3NOS/c1-6(17)10(12)9-4-8(18-11(13,14)15)3-2-7(9)5-16/h2-4,10H,1H3. The van der Waals surface area contributed by atoms with E-state index in [0.717, 1.165) is 6.07 Å². The summed E-state index contributed by atoms with van der Waals surface area (Å²) in [6.45, 7) is 1.21. The van der Waals surface area contributed by atoms with Crippen molar-refractivity contribution in [2.45, 2.75) is 22.7 Å². The lowest BCUT2D eigenvalue weighted by molar-refractivity contribution is -0.116. The van der Waals surface area contributed by atoms with E-state index in [1.54, 1.807) is 6.07 Å². The molecule has 0 aliphatic carbocycles. The summed E-state index contributed by atoms with van der Waals surface area (Å²) in [5.41, 5.74) is -4.23. The van der Waals surface area contributed by atoms with Gasteiger partial charge < -0.3 is 0 Å². The Morgan fingerprint density at radius 2 is 2.11 bits per heavy atom. The third-order valence-corrected chi connectivity index (χ3v) is 3.27. The average molecular weight is 294 g/mol. The van der Waals surface area contributed by atoms with Crippen LogP contribution in [0, 0.1) is 11.3 Å². The SMILES string of the molecule is CC(=O)C(Cl)c1cc(SC(F)(F)F)ccc1C#N. The maximum absolute atomic E-state index is 12.2. The Hall–Kier alpha value is -1.19. The van der Waals surface area contributed by atoms with Crippen molar-refractivity contribution in [3.63, 3.8) is 0 Å². The van der Waals surface area contributed by atoms with Crippen LogP contribution < -0.4 is 0 Å². The Morgan fingerprint density at radius 1 is 1.50 bits per heavy atom. The van der Waals surface area contributed by atoms with Crippen molar-refractivity contribution in [3.05, 3.63) is 29.3 Å². The molecule has 0 heterocycles. The van der Waals surface area contributed by atoms with Gasteiger partial charge in [-0.1, -0.05) is 0 Å². The van der Waals surface area contributed by atoms with E-state index in [1.165, 1.54) is 19.1 Å². The Labute approximate surface area is 111 Å². The first-order chi connectivity index (χ1) is 8.24. The zero-order valence-corrected chi connectivity index (χ0v) is 10.7. The summed E-state index contributed by atoms with van der Waals surface area (Å²) in [4.78, 5) is 11.0. The number of hydrogen-bond acceptors (Lipinski definition) is 3. The lowest BCUT2D eigenvalue weighted by Crippen LogP contribution is -2.05. The molecule has 1 aromatic carbocycles. The van der Waals surface area contributed by atoms with Crippen LogP contribution in [0.4, 0.5) is 13.2 Å². The zero-order valence-electron chi connectivity index (χ0n) is 9.08. The van der Waals surface area contributed by atoms with Crippen molar-refractivity contribution in [2.75, 3.05) is 0 Å². The lowest BCUT2D eigenvalue weighted by atomic mass is 10.0. The van der Waals surface area contributed by atoms with E-state index in [0.29, 0.717) is 0 Å². The maximum atomic E-state index is 12.2. The number of carbonyl (C=O) groups is 1. The van der Waals surface area contributed by atoms with Crippen LogP contribution in [0.2, 0.25) is 0 Å². The average Bonchev–Trinajstić information content (AvgIpc) is 2.25. The molecule has 0 fully saturated rings. The van der Waals surface area contributed by atoms with Gasteiger partial charge in [-0.15, -0.1) is 11.6 Å². The molecule has 0 saturated carbocycles. The molecule has 7 heteroatoms. The Morgan fingerprint density at radius 3 is 2.56 bits per heavy atom. The summed E-state index contributed by atoms with van der Waals surface area (Å²) in [6.07, 6.45) is 0. The van der Waals surface area contributed by atoms with Gasteiger partial charge in [-0.3, -0.25) is 4.79 Å². The van der Waals surface area contributed by atoms with Gasteiger partial charge in [0.25, 0.3) is 0 Å². The third-order valence-electron chi connectivity index (χ3n) is 2.01. The molecular formula is C11H7ClF3NOS. The monoisotopic (exact) mass is 293 g/mol. The summed E-state index contributed by atoms with van der Waals surface area (Å²) in [5, 5.41) is 7.71. The van der Waals surface area contributed by atoms with Crippen LogP contribution in [0.1, 0.15) is 23.4 Å². The van der Waals surface area contributed by atoms with E-state index in [-0.39, 0.29) is 27.8 Å². The molecule has 0 radical (unpaired) electrons. The Kier molecular flexibility index (Phi) is 4.65. The second-order valence-corrected chi connectivity index (χ2v) is 4.96. The van der Waals surface area contributed by atoms with E-state index >= 15 is 0 Å². The van der Waals surface area contributed by atoms with E-state index in [9.17, 15) is 18.0 Å². The molecule has 0 aliphatic heterocycles. The highest BCUT2D eigenvalue weighted by molar-refractivity contribution is 8.00. The van der Waals surface area contributed by atoms with Crippen LogP contribution in [0.5, 0.6) is 0 Å². The first-order valence-corrected chi connectivity index (χ1v) is 5.94. The number of ketones is 1. The van der Waals surface area contributed by atoms with Gasteiger partial charge in [0.1, 0.15) is 5.38 Å². The number of halogens is 4. The van der Waals surface area contributed by atoms with Crippen LogP contribution in [0.3, 0.4) is 0 Å². The number of carbonyl (C=O) groups excluding carboxylic acids is 1. The Balaban J connectivity index is 3.19. The van der Waals surface area contributed by atoms with Gasteiger partial charge in [0, 0.05) is 4.90 Å². The second kappa shape index (κ2) is 5.63. The Bertz CT molecular complexity index is 510. The molecule has 2 nitrogen and oxygen atoms in total. The van der Waals surface area contributed by atoms with Crippen LogP contribution in [0.15, 0.2) is 23.1 Å². The summed E-state index contributed by atoms with van der Waals surface area (Å²) in [7, 11) is 0. The predicted octanol–water partition coefficient (Wildman–Crippen LogP) is 4.04. The molecule has 1 unspecified atom stereocenters. The molecule has 0 aromatic heterocycles. The highest BCUT2D eigenvalue weighted by Crippen LogP contribution is 2.38. The van der Waals surface area contributed by atoms with E-state index in [1.807, 2.05) is 0 Å². The van der Waals surface area contributed by atoms with E-state index in [4.69, 9.17) is 16.9 Å². The third kappa shape index (κ3) is 3.93. The summed E-state index contributed by atoms with van der Waals surface area (Å²) in [5.74, 6) is -0.428. The van der Waals surface area contributed by atoms with Gasteiger partial charge in [-0.25, -0.2) is 0 Å². The maximum Gasteiger partial charge on any atom is 0.446 e. The zero-order chi connectivity index (χ0) is 13.9. The van der Waals surface area contributed by atoms with Gasteiger partial charge in [0.15, 0.2) is 5.78 Å². The van der Waals surface area contributed by atoms with Gasteiger partial charge >= 0.3 is 5.51 Å². The number of Topliss-reactive ketones (excluding diaryl/α,β-unsaturated/α-hetero) is 1. The number of benzene rings is 1. The summed E-state index contributed by atoms with van der Waals surface area (Å²) >= 11 is 5.46. The highest BCUT2D eigenvalue weighted by Gasteiger charge is 2.30. The van der Waals surface area contributed by atoms with Crippen molar-refractivity contribution >= 4 is 29.1 Å². The molecule has 0 bridgehead atoms. The summed E-state index contributed by atoms with van der Waals surface area (Å²) < 4.78 is 36.6. The van der Waals surface area contributed by atoms with Gasteiger partial charge in [0.05, 0.1) is 11.6 Å². The molecule has 0 spiro atoms. The van der Waals surface area contributed by atoms with Gasteiger partial charge in [-0.2, -0.15) is 18.4 Å². The van der Waals surface area contributed by atoms with Gasteiger partial charge in [-0.05, 0) is 42.4 Å². The highest BCUT2D eigenvalue weighted by atomic mass is 35.5. The smallest absolute Gasteiger partial charge is 0.298 e. The number of nitriles is 1. The molecular weight excluding hydrogens is 287 g/mol. The van der Waals surface area contributed by atoms with Crippen molar-refractivity contribution in [3.8, 4) is 6.07 Å². The molecule has 96 valence electrons. The van der Waals surface area contributed by atoms with Crippen LogP contribution in [-0.2, 0) is 4.79 Å². The molecule has 18 heavy (non-hydrogen) atoms. The fourth-order valence-electron chi connectivity index (χ4n) is 1.27. The first kappa shape index (κ1) is 14.9. The van der Waals surface area contributed by atoms with Crippen molar-refractivity contribution in [2.24, 2.45) is 0 Å². The topological polar surface area (TPSA) is 40.9 Å². The minimum absolute atomic E-state index is 0.0942. The van der Waals surface area contributed by atoms with E-state index < -0.39 is 16.7 Å². The van der Waals surface area contributed by atoms with E-state index in [2.05, 4.69) is 0 Å². The molecule has 1 rings (SSSR count). The number of rotatable bonds is 3. The minimum atomic E-state index is -4.43. The van der Waals surface area contributed by atoms with Crippen LogP contribution in [-0.4, -0.2) is 11.3 Å². The summed E-state index contributed by atoms with van der Waals surface area (Å²) in [6, 6.07) is 5.31. The predicted molar refractivity (Wildman–Crippen MR) is 62.3 cm³/mol. The minimum Gasteiger partial charge on any atom is -0.298 e. The quantitative estimate of drug-likeness (QED) is 0.624. The molecule has 0 amide bonds. The fraction of sp³-hybridized carbons (Fsp3) is 0.273. The first-order valence-electron chi connectivity index (χ1n) is 4.69. The van der Waals surface area contributed by atoms with Gasteiger partial charge in [0.2, 0.25) is 0 Å². The molecule has 1 atom stereocenters. The molecule has 0 N–H and O–H groups in total.